The van der Waals surface area contributed by atoms with Gasteiger partial charge in [-0.05, 0) is 54.9 Å². The summed E-state index contributed by atoms with van der Waals surface area (Å²) in [6.45, 7) is 4.81. The smallest absolute Gasteiger partial charge is 0.0445 e. The summed E-state index contributed by atoms with van der Waals surface area (Å²) < 4.78 is 0. The van der Waals surface area contributed by atoms with Crippen molar-refractivity contribution in [2.24, 2.45) is 17.8 Å². The van der Waals surface area contributed by atoms with Crippen LogP contribution in [0.1, 0.15) is 76.1 Å². The maximum Gasteiger partial charge on any atom is 0.0445 e. The molecule has 2 fully saturated rings. The molecule has 1 N–H and O–H groups in total. The van der Waals surface area contributed by atoms with Crippen molar-refractivity contribution in [2.75, 3.05) is 0 Å². The Morgan fingerprint density at radius 3 is 2.48 bits per heavy atom. The third-order valence-electron chi connectivity index (χ3n) is 5.79. The third kappa shape index (κ3) is 3.90. The maximum absolute atomic E-state index is 4.10. The van der Waals surface area contributed by atoms with Gasteiger partial charge in [-0.3, -0.25) is 0 Å². The lowest BCUT2D eigenvalue weighted by atomic mass is 9.78. The van der Waals surface area contributed by atoms with Crippen LogP contribution in [0.15, 0.2) is 17.5 Å². The fourth-order valence-electron chi connectivity index (χ4n) is 4.45. The molecule has 2 heteroatoms. The van der Waals surface area contributed by atoms with E-state index in [-0.39, 0.29) is 0 Å². The first-order chi connectivity index (χ1) is 10.2. The molecule has 3 rings (SSSR count). The average molecular weight is 306 g/mol. The molecule has 0 aliphatic heterocycles. The van der Waals surface area contributed by atoms with E-state index in [0.717, 1.165) is 23.8 Å². The van der Waals surface area contributed by atoms with E-state index in [0.29, 0.717) is 6.04 Å². The third-order valence-corrected chi connectivity index (χ3v) is 6.75. The Labute approximate surface area is 134 Å². The zero-order valence-electron chi connectivity index (χ0n) is 13.7. The number of nitrogens with one attached hydrogen (secondary N) is 1. The Morgan fingerprint density at radius 2 is 1.81 bits per heavy atom. The van der Waals surface area contributed by atoms with Crippen LogP contribution in [0, 0.1) is 17.8 Å². The molecule has 0 bridgehead atoms. The van der Waals surface area contributed by atoms with Gasteiger partial charge in [-0.25, -0.2) is 0 Å². The van der Waals surface area contributed by atoms with Gasteiger partial charge >= 0.3 is 0 Å². The van der Waals surface area contributed by atoms with Crippen molar-refractivity contribution < 1.29 is 0 Å². The minimum atomic E-state index is 0.628. The average Bonchev–Trinajstić information content (AvgIpc) is 3.18. The molecule has 1 nitrogen and oxygen atoms in total. The molecule has 3 atom stereocenters. The van der Waals surface area contributed by atoms with Gasteiger partial charge in [-0.15, -0.1) is 11.3 Å². The minimum Gasteiger partial charge on any atom is -0.306 e. The summed E-state index contributed by atoms with van der Waals surface area (Å²) in [6.07, 6.45) is 11.4. The van der Waals surface area contributed by atoms with E-state index in [4.69, 9.17) is 0 Å². The summed E-state index contributed by atoms with van der Waals surface area (Å²) in [6, 6.07) is 5.95. The van der Waals surface area contributed by atoms with Crippen LogP contribution in [0.25, 0.3) is 0 Å². The zero-order valence-corrected chi connectivity index (χ0v) is 14.5. The van der Waals surface area contributed by atoms with Crippen molar-refractivity contribution in [2.45, 2.75) is 77.3 Å². The summed E-state index contributed by atoms with van der Waals surface area (Å²) in [7, 11) is 0. The molecule has 1 heterocycles. The molecule has 1 aromatic rings. The van der Waals surface area contributed by atoms with E-state index in [1.807, 2.05) is 11.3 Å². The fourth-order valence-corrected chi connectivity index (χ4v) is 5.33. The maximum atomic E-state index is 4.10. The van der Waals surface area contributed by atoms with Crippen LogP contribution in [-0.2, 0) is 0 Å². The van der Waals surface area contributed by atoms with E-state index < -0.39 is 0 Å². The lowest BCUT2D eigenvalue weighted by Gasteiger charge is -2.36. The normalized spacial score (nSPS) is 29.1. The SMILES string of the molecule is CC(C)C1CCCC(NC(c2cccs2)C2CCCC2)C1. The topological polar surface area (TPSA) is 12.0 Å². The van der Waals surface area contributed by atoms with E-state index in [1.165, 1.54) is 51.4 Å². The molecule has 0 saturated heterocycles. The summed E-state index contributed by atoms with van der Waals surface area (Å²) in [4.78, 5) is 1.58. The molecule has 3 unspecified atom stereocenters. The highest BCUT2D eigenvalue weighted by Crippen LogP contribution is 2.39. The van der Waals surface area contributed by atoms with Crippen LogP contribution in [0.5, 0.6) is 0 Å². The van der Waals surface area contributed by atoms with Crippen molar-refractivity contribution in [3.63, 3.8) is 0 Å². The molecule has 118 valence electrons. The van der Waals surface area contributed by atoms with Crippen LogP contribution in [0.3, 0.4) is 0 Å². The molecule has 0 radical (unpaired) electrons. The first kappa shape index (κ1) is 15.6. The van der Waals surface area contributed by atoms with Gasteiger partial charge in [0.15, 0.2) is 0 Å². The minimum absolute atomic E-state index is 0.628. The molecule has 0 aromatic carbocycles. The highest BCUT2D eigenvalue weighted by molar-refractivity contribution is 7.10. The summed E-state index contributed by atoms with van der Waals surface area (Å²) in [5, 5.41) is 6.34. The van der Waals surface area contributed by atoms with E-state index in [1.54, 1.807) is 4.88 Å². The summed E-state index contributed by atoms with van der Waals surface area (Å²) in [5.74, 6) is 2.66. The Hall–Kier alpha value is -0.340. The second kappa shape index (κ2) is 7.28. The highest BCUT2D eigenvalue weighted by Gasteiger charge is 2.31. The fraction of sp³-hybridized carbons (Fsp3) is 0.789. The zero-order chi connectivity index (χ0) is 14.7. The lowest BCUT2D eigenvalue weighted by molar-refractivity contribution is 0.206. The van der Waals surface area contributed by atoms with Gasteiger partial charge in [-0.2, -0.15) is 0 Å². The number of thiophene rings is 1. The van der Waals surface area contributed by atoms with Crippen molar-refractivity contribution in [3.8, 4) is 0 Å². The molecule has 0 spiro atoms. The van der Waals surface area contributed by atoms with Gasteiger partial charge in [0.1, 0.15) is 0 Å². The molecular formula is C19H31NS. The molecule has 0 amide bonds. The predicted molar refractivity (Wildman–Crippen MR) is 92.7 cm³/mol. The van der Waals surface area contributed by atoms with Crippen molar-refractivity contribution in [1.29, 1.82) is 0 Å². The van der Waals surface area contributed by atoms with Gasteiger partial charge in [0.2, 0.25) is 0 Å². The first-order valence-electron chi connectivity index (χ1n) is 9.03. The monoisotopic (exact) mass is 305 g/mol. The molecule has 21 heavy (non-hydrogen) atoms. The largest absolute Gasteiger partial charge is 0.306 e. The highest BCUT2D eigenvalue weighted by atomic mass is 32.1. The Balaban J connectivity index is 1.66. The number of hydrogen-bond donors (Lipinski definition) is 1. The van der Waals surface area contributed by atoms with Crippen molar-refractivity contribution >= 4 is 11.3 Å². The van der Waals surface area contributed by atoms with Crippen LogP contribution in [0.2, 0.25) is 0 Å². The summed E-state index contributed by atoms with van der Waals surface area (Å²) >= 11 is 1.95. The quantitative estimate of drug-likeness (QED) is 0.726. The molecule has 1 aromatic heterocycles. The molecular weight excluding hydrogens is 274 g/mol. The van der Waals surface area contributed by atoms with Gasteiger partial charge in [0.05, 0.1) is 0 Å². The second-order valence-corrected chi connectivity index (χ2v) is 8.55. The Morgan fingerprint density at radius 1 is 1.05 bits per heavy atom. The predicted octanol–water partition coefficient (Wildman–Crippen LogP) is 5.78. The molecule has 2 aliphatic rings. The van der Waals surface area contributed by atoms with Gasteiger partial charge in [0.25, 0.3) is 0 Å². The van der Waals surface area contributed by atoms with E-state index >= 15 is 0 Å². The van der Waals surface area contributed by atoms with Crippen molar-refractivity contribution in [3.05, 3.63) is 22.4 Å². The molecule has 2 saturated carbocycles. The van der Waals surface area contributed by atoms with Gasteiger partial charge < -0.3 is 5.32 Å². The van der Waals surface area contributed by atoms with Crippen molar-refractivity contribution in [1.82, 2.24) is 5.32 Å². The van der Waals surface area contributed by atoms with E-state index in [2.05, 4.69) is 36.7 Å². The van der Waals surface area contributed by atoms with Gasteiger partial charge in [-0.1, -0.05) is 45.6 Å². The Kier molecular flexibility index (Phi) is 5.39. The van der Waals surface area contributed by atoms with Crippen LogP contribution >= 0.6 is 11.3 Å². The standard InChI is InChI=1S/C19H31NS/c1-14(2)16-9-5-10-17(13-16)20-19(15-7-3-4-8-15)18-11-6-12-21-18/h6,11-12,14-17,19-20H,3-5,7-10,13H2,1-2H3. The Bertz CT molecular complexity index is 405. The second-order valence-electron chi connectivity index (χ2n) is 7.57. The van der Waals surface area contributed by atoms with Crippen LogP contribution < -0.4 is 5.32 Å². The molecule has 2 aliphatic carbocycles. The van der Waals surface area contributed by atoms with E-state index in [9.17, 15) is 0 Å². The lowest BCUT2D eigenvalue weighted by Crippen LogP contribution is -2.39. The van der Waals surface area contributed by atoms with Gasteiger partial charge in [0, 0.05) is 17.0 Å². The first-order valence-corrected chi connectivity index (χ1v) is 9.91. The number of hydrogen-bond acceptors (Lipinski definition) is 2. The van der Waals surface area contributed by atoms with Crippen LogP contribution in [-0.4, -0.2) is 6.04 Å². The van der Waals surface area contributed by atoms with Crippen LogP contribution in [0.4, 0.5) is 0 Å². The number of rotatable bonds is 5. The summed E-state index contributed by atoms with van der Waals surface area (Å²) in [5.41, 5.74) is 0.